The van der Waals surface area contributed by atoms with E-state index in [1.807, 2.05) is 6.07 Å². The average molecular weight is 698 g/mol. The molecule has 0 radical (unpaired) electrons. The molecule has 1 aliphatic heterocycles. The minimum absolute atomic E-state index is 0.0308. The number of rotatable bonds is 16. The number of imide groups is 1. The zero-order valence-electron chi connectivity index (χ0n) is 30.5. The van der Waals surface area contributed by atoms with Gasteiger partial charge in [-0.05, 0) is 67.7 Å². The Balaban J connectivity index is 1.70. The molecule has 1 saturated heterocycles. The SMILES string of the molecule is CCC(C)(C)c1ccc(OCCCC(=O)NCC(C)(C)C(=O)C(Cl)(C(=O)Nc2ccccc2)N2C(=O)OC(C)(C)C2=O)c(C(C)(C)CC)c1. The highest BCUT2D eigenvalue weighted by atomic mass is 35.5. The summed E-state index contributed by atoms with van der Waals surface area (Å²) < 4.78 is 11.4. The van der Waals surface area contributed by atoms with Gasteiger partial charge in [-0.1, -0.05) is 97.3 Å². The number of halogens is 1. The molecule has 2 aromatic rings. The molecular formula is C38H52ClN3O7. The monoisotopic (exact) mass is 697 g/mol. The lowest BCUT2D eigenvalue weighted by atomic mass is 9.76. The van der Waals surface area contributed by atoms with Gasteiger partial charge in [0.05, 0.1) is 6.61 Å². The Bertz CT molecular complexity index is 1570. The average Bonchev–Trinajstić information content (AvgIpc) is 3.26. The Morgan fingerprint density at radius 1 is 0.918 bits per heavy atom. The van der Waals surface area contributed by atoms with Gasteiger partial charge in [-0.15, -0.1) is 0 Å². The van der Waals surface area contributed by atoms with E-state index in [-0.39, 0.29) is 29.7 Å². The Kier molecular flexibility index (Phi) is 12.0. The molecule has 3 rings (SSSR count). The Morgan fingerprint density at radius 3 is 2.08 bits per heavy atom. The molecule has 1 aliphatic rings. The Hall–Kier alpha value is -3.92. The van der Waals surface area contributed by atoms with Crippen LogP contribution in [0, 0.1) is 5.41 Å². The van der Waals surface area contributed by atoms with Crippen molar-refractivity contribution in [1.82, 2.24) is 10.2 Å². The molecule has 1 fully saturated rings. The predicted molar refractivity (Wildman–Crippen MR) is 191 cm³/mol. The summed E-state index contributed by atoms with van der Waals surface area (Å²) in [4.78, 5) is 64.4. The van der Waals surface area contributed by atoms with Crippen molar-refractivity contribution in [3.05, 3.63) is 59.7 Å². The highest BCUT2D eigenvalue weighted by Gasteiger charge is 2.64. The van der Waals surface area contributed by atoms with E-state index in [4.69, 9.17) is 21.1 Å². The van der Waals surface area contributed by atoms with E-state index in [2.05, 4.69) is 64.3 Å². The second-order valence-corrected chi connectivity index (χ2v) is 15.6. The van der Waals surface area contributed by atoms with Crippen molar-refractivity contribution in [2.24, 2.45) is 5.41 Å². The molecule has 2 aromatic carbocycles. The molecule has 1 unspecified atom stereocenters. The molecule has 0 saturated carbocycles. The van der Waals surface area contributed by atoms with Crippen LogP contribution in [0.2, 0.25) is 0 Å². The third kappa shape index (κ3) is 8.63. The molecule has 0 aromatic heterocycles. The zero-order chi connectivity index (χ0) is 37.0. The fourth-order valence-electron chi connectivity index (χ4n) is 5.32. The van der Waals surface area contributed by atoms with Gasteiger partial charge in [0.25, 0.3) is 16.8 Å². The van der Waals surface area contributed by atoms with Crippen LogP contribution in [0.15, 0.2) is 48.5 Å². The summed E-state index contributed by atoms with van der Waals surface area (Å²) in [7, 11) is 0. The maximum atomic E-state index is 14.1. The molecule has 11 heteroatoms. The number of amides is 4. The van der Waals surface area contributed by atoms with Crippen LogP contribution in [-0.2, 0) is 34.7 Å². The Labute approximate surface area is 295 Å². The van der Waals surface area contributed by atoms with Crippen molar-refractivity contribution in [3.8, 4) is 5.75 Å². The highest BCUT2D eigenvalue weighted by molar-refractivity contribution is 6.50. The first kappa shape index (κ1) is 39.5. The van der Waals surface area contributed by atoms with Crippen LogP contribution >= 0.6 is 11.6 Å². The number of nitrogens with one attached hydrogen (secondary N) is 2. The highest BCUT2D eigenvalue weighted by Crippen LogP contribution is 2.40. The first-order valence-corrected chi connectivity index (χ1v) is 17.2. The third-order valence-corrected chi connectivity index (χ3v) is 10.1. The van der Waals surface area contributed by atoms with E-state index in [0.29, 0.717) is 23.6 Å². The predicted octanol–water partition coefficient (Wildman–Crippen LogP) is 7.26. The molecule has 0 bridgehead atoms. The first-order chi connectivity index (χ1) is 22.6. The summed E-state index contributed by atoms with van der Waals surface area (Å²) in [5.41, 5.74) is -0.540. The quantitative estimate of drug-likeness (QED) is 0.0817. The lowest BCUT2D eigenvalue weighted by molar-refractivity contribution is -0.148. The Morgan fingerprint density at radius 2 is 1.53 bits per heavy atom. The minimum Gasteiger partial charge on any atom is -0.493 e. The molecule has 0 aliphatic carbocycles. The number of anilines is 1. The number of nitrogens with zero attached hydrogens (tertiary/aromatic N) is 1. The van der Waals surface area contributed by atoms with Gasteiger partial charge < -0.3 is 20.1 Å². The van der Waals surface area contributed by atoms with E-state index in [1.54, 1.807) is 30.3 Å². The van der Waals surface area contributed by atoms with E-state index in [0.717, 1.165) is 24.2 Å². The van der Waals surface area contributed by atoms with Crippen LogP contribution in [0.5, 0.6) is 5.75 Å². The molecule has 4 amide bonds. The molecule has 268 valence electrons. The molecule has 10 nitrogen and oxygen atoms in total. The maximum absolute atomic E-state index is 14.1. The van der Waals surface area contributed by atoms with E-state index >= 15 is 0 Å². The van der Waals surface area contributed by atoms with Gasteiger partial charge in [-0.2, -0.15) is 0 Å². The van der Waals surface area contributed by atoms with Gasteiger partial charge in [0, 0.05) is 29.6 Å². The number of Topliss-reactive ketones (excluding diaryl/α,β-unsaturated/α-hetero) is 1. The van der Waals surface area contributed by atoms with Crippen molar-refractivity contribution in [1.29, 1.82) is 0 Å². The summed E-state index contributed by atoms with van der Waals surface area (Å²) in [6.45, 7) is 18.9. The number of ketones is 1. The number of para-hydroxylation sites is 1. The van der Waals surface area contributed by atoms with Crippen LogP contribution in [0.3, 0.4) is 0 Å². The van der Waals surface area contributed by atoms with E-state index in [1.165, 1.54) is 33.3 Å². The molecule has 1 atom stereocenters. The van der Waals surface area contributed by atoms with E-state index < -0.39 is 39.7 Å². The number of carbonyl (C=O) groups is 5. The number of alkyl halides is 1. The molecule has 49 heavy (non-hydrogen) atoms. The number of hydrogen-bond donors (Lipinski definition) is 2. The smallest absolute Gasteiger partial charge is 0.420 e. The molecule has 0 spiro atoms. The van der Waals surface area contributed by atoms with Gasteiger partial charge in [0.15, 0.2) is 11.4 Å². The summed E-state index contributed by atoms with van der Waals surface area (Å²) in [5, 5.41) is 5.27. The van der Waals surface area contributed by atoms with Crippen LogP contribution in [-0.4, -0.2) is 58.2 Å². The van der Waals surface area contributed by atoms with Gasteiger partial charge in [-0.25, -0.2) is 9.69 Å². The van der Waals surface area contributed by atoms with Gasteiger partial charge in [-0.3, -0.25) is 19.2 Å². The topological polar surface area (TPSA) is 131 Å². The van der Waals surface area contributed by atoms with Crippen LogP contribution in [0.4, 0.5) is 10.5 Å². The second-order valence-electron chi connectivity index (χ2n) is 15.1. The van der Waals surface area contributed by atoms with Gasteiger partial charge in [0.2, 0.25) is 5.91 Å². The van der Waals surface area contributed by atoms with Gasteiger partial charge >= 0.3 is 6.09 Å². The van der Waals surface area contributed by atoms with Gasteiger partial charge in [0.1, 0.15) is 5.75 Å². The zero-order valence-corrected chi connectivity index (χ0v) is 31.3. The fraction of sp³-hybridized carbons (Fsp3) is 0.553. The lowest BCUT2D eigenvalue weighted by Crippen LogP contribution is -2.64. The van der Waals surface area contributed by atoms with Crippen molar-refractivity contribution in [2.75, 3.05) is 18.5 Å². The normalized spacial score (nSPS) is 16.1. The molecular weight excluding hydrogens is 646 g/mol. The first-order valence-electron chi connectivity index (χ1n) is 16.9. The van der Waals surface area contributed by atoms with Crippen molar-refractivity contribution >= 4 is 46.9 Å². The fourth-order valence-corrected chi connectivity index (χ4v) is 5.77. The number of ether oxygens (including phenoxy) is 2. The largest absolute Gasteiger partial charge is 0.493 e. The number of cyclic esters (lactones) is 1. The molecule has 1 heterocycles. The number of benzene rings is 2. The minimum atomic E-state index is -2.80. The van der Waals surface area contributed by atoms with E-state index in [9.17, 15) is 24.0 Å². The standard InChI is InChI=1S/C38H52ClN3O7/c1-11-34(3,4)25-20-21-28(27(23-25)35(5,6)12-2)48-22-16-19-29(43)40-24-36(7,8)30(44)38(39,31(45)41-26-17-14-13-15-18-26)42-32(46)37(9,10)49-33(42)47/h13-15,17-18,20-21,23H,11-12,16,19,22,24H2,1-10H3,(H,40,43)(H,41,45). The van der Waals surface area contributed by atoms with Crippen molar-refractivity contribution in [3.63, 3.8) is 0 Å². The lowest BCUT2D eigenvalue weighted by Gasteiger charge is -2.36. The summed E-state index contributed by atoms with van der Waals surface area (Å²) in [6.07, 6.45) is 1.24. The number of hydrogen-bond acceptors (Lipinski definition) is 7. The van der Waals surface area contributed by atoms with Crippen LogP contribution in [0.1, 0.15) is 106 Å². The van der Waals surface area contributed by atoms with Crippen LogP contribution < -0.4 is 15.4 Å². The molecule has 2 N–H and O–H groups in total. The van der Waals surface area contributed by atoms with Crippen molar-refractivity contribution < 1.29 is 33.4 Å². The second kappa shape index (κ2) is 14.9. The van der Waals surface area contributed by atoms with Crippen molar-refractivity contribution in [2.45, 2.75) is 116 Å². The summed E-state index contributed by atoms with van der Waals surface area (Å²) in [5.74, 6) is -2.58. The third-order valence-electron chi connectivity index (χ3n) is 9.59. The summed E-state index contributed by atoms with van der Waals surface area (Å²) >= 11 is 6.79. The maximum Gasteiger partial charge on any atom is 0.420 e. The van der Waals surface area contributed by atoms with Crippen LogP contribution in [0.25, 0.3) is 0 Å². The summed E-state index contributed by atoms with van der Waals surface area (Å²) in [6, 6.07) is 14.5. The number of carbonyl (C=O) groups excluding carboxylic acids is 5.